The monoisotopic (exact) mass is 510 g/mol. The molecule has 0 aliphatic heterocycles. The summed E-state index contributed by atoms with van der Waals surface area (Å²) in [7, 11) is 0. The molecule has 0 bridgehead atoms. The second-order valence-electron chi connectivity index (χ2n) is 6.56. The molecule has 1 heterocycles. The third kappa shape index (κ3) is 6.99. The summed E-state index contributed by atoms with van der Waals surface area (Å²) in [6.45, 7) is 8.64. The second-order valence-corrected chi connectivity index (χ2v) is 6.56. The van der Waals surface area contributed by atoms with Gasteiger partial charge in [0.05, 0.1) is 17.3 Å². The highest BCUT2D eigenvalue weighted by Gasteiger charge is 2.30. The molecule has 0 aliphatic carbocycles. The highest BCUT2D eigenvalue weighted by Crippen LogP contribution is 2.30. The quantitative estimate of drug-likeness (QED) is 0.317. The normalized spacial score (nSPS) is 13.2. The highest BCUT2D eigenvalue weighted by molar-refractivity contribution is 14.0. The van der Waals surface area contributed by atoms with Crippen LogP contribution >= 0.6 is 24.0 Å². The topological polar surface area (TPSA) is 62.5 Å². The number of rotatable bonds is 6. The smallest absolute Gasteiger partial charge is 0.359 e. The molecule has 2 aromatic rings. The van der Waals surface area contributed by atoms with Crippen molar-refractivity contribution in [2.75, 3.05) is 6.54 Å². The Balaban J connectivity index is 0.00000392. The Kier molecular flexibility index (Phi) is 9.25. The van der Waals surface area contributed by atoms with Crippen molar-refractivity contribution in [3.05, 3.63) is 52.9 Å². The van der Waals surface area contributed by atoms with Crippen LogP contribution in [0.25, 0.3) is 0 Å². The Morgan fingerprint density at radius 2 is 1.93 bits per heavy atom. The summed E-state index contributed by atoms with van der Waals surface area (Å²) in [6, 6.07) is 6.77. The number of nitrogens with zero attached hydrogens (tertiary/aromatic N) is 2. The maximum Gasteiger partial charge on any atom is 0.416 e. The molecule has 0 saturated heterocycles. The van der Waals surface area contributed by atoms with Gasteiger partial charge in [0.1, 0.15) is 6.54 Å². The molecule has 0 fully saturated rings. The van der Waals surface area contributed by atoms with E-state index >= 15 is 0 Å². The van der Waals surface area contributed by atoms with Crippen LogP contribution in [0.3, 0.4) is 0 Å². The molecule has 0 spiro atoms. The van der Waals surface area contributed by atoms with Crippen molar-refractivity contribution < 1.29 is 17.7 Å². The van der Waals surface area contributed by atoms with E-state index in [2.05, 4.69) is 20.8 Å². The van der Waals surface area contributed by atoms with Gasteiger partial charge in [0.25, 0.3) is 0 Å². The van der Waals surface area contributed by atoms with Crippen molar-refractivity contribution in [3.63, 3.8) is 0 Å². The van der Waals surface area contributed by atoms with Gasteiger partial charge in [0, 0.05) is 12.6 Å². The maximum absolute atomic E-state index is 12.9. The minimum Gasteiger partial charge on any atom is -0.359 e. The van der Waals surface area contributed by atoms with Crippen LogP contribution in [0.15, 0.2) is 39.8 Å². The summed E-state index contributed by atoms with van der Waals surface area (Å²) in [5, 5.41) is 10.2. The predicted octanol–water partition coefficient (Wildman–Crippen LogP) is 5.25. The Morgan fingerprint density at radius 1 is 1.21 bits per heavy atom. The van der Waals surface area contributed by atoms with Crippen molar-refractivity contribution in [3.8, 4) is 0 Å². The fourth-order valence-corrected chi connectivity index (χ4v) is 2.43. The van der Waals surface area contributed by atoms with Gasteiger partial charge in [0.15, 0.2) is 11.7 Å². The summed E-state index contributed by atoms with van der Waals surface area (Å²) >= 11 is 0. The molecule has 0 radical (unpaired) electrons. The fourth-order valence-electron chi connectivity index (χ4n) is 2.43. The molecule has 1 atom stereocenters. The van der Waals surface area contributed by atoms with E-state index in [1.54, 1.807) is 13.0 Å². The van der Waals surface area contributed by atoms with Gasteiger partial charge >= 0.3 is 6.18 Å². The van der Waals surface area contributed by atoms with E-state index in [4.69, 9.17) is 4.52 Å². The lowest BCUT2D eigenvalue weighted by molar-refractivity contribution is -0.137. The standard InChI is InChI=1S/C19H25F3N4O.HI/c1-5-23-18(24-11-16-10-17(12(2)3)26-27-16)25-13(4)14-7-6-8-15(9-14)19(20,21)22;/h6-10,12-13H,5,11H2,1-4H3,(H2,23,24,25);1H. The molecule has 2 N–H and O–H groups in total. The Morgan fingerprint density at radius 3 is 2.50 bits per heavy atom. The number of guanidine groups is 1. The summed E-state index contributed by atoms with van der Waals surface area (Å²) in [5.74, 6) is 1.38. The molecule has 1 aromatic carbocycles. The van der Waals surface area contributed by atoms with Crippen molar-refractivity contribution in [1.82, 2.24) is 15.8 Å². The summed E-state index contributed by atoms with van der Waals surface area (Å²) in [6.07, 6.45) is -4.37. The molecule has 9 heteroatoms. The average Bonchev–Trinajstić information content (AvgIpc) is 3.08. The van der Waals surface area contributed by atoms with Crippen LogP contribution < -0.4 is 10.6 Å². The lowest BCUT2D eigenvalue weighted by Gasteiger charge is -2.19. The van der Waals surface area contributed by atoms with E-state index in [0.29, 0.717) is 23.8 Å². The molecule has 156 valence electrons. The predicted molar refractivity (Wildman–Crippen MR) is 114 cm³/mol. The number of benzene rings is 1. The molecule has 0 saturated carbocycles. The first-order chi connectivity index (χ1) is 12.7. The first-order valence-corrected chi connectivity index (χ1v) is 8.88. The number of aliphatic imine (C=N–C) groups is 1. The summed E-state index contributed by atoms with van der Waals surface area (Å²) < 4.78 is 44.0. The summed E-state index contributed by atoms with van der Waals surface area (Å²) in [5.41, 5.74) is 0.714. The van der Waals surface area contributed by atoms with Crippen LogP contribution in [0.2, 0.25) is 0 Å². The number of hydrogen-bond acceptors (Lipinski definition) is 3. The number of alkyl halides is 3. The summed E-state index contributed by atoms with van der Waals surface area (Å²) in [4.78, 5) is 4.43. The van der Waals surface area contributed by atoms with Crippen molar-refractivity contribution in [2.24, 2.45) is 4.99 Å². The molecule has 0 aliphatic rings. The van der Waals surface area contributed by atoms with Gasteiger partial charge in [-0.25, -0.2) is 4.99 Å². The average molecular weight is 510 g/mol. The lowest BCUT2D eigenvalue weighted by Crippen LogP contribution is -2.38. The third-order valence-corrected chi connectivity index (χ3v) is 3.97. The molecule has 1 aromatic heterocycles. The van der Waals surface area contributed by atoms with Crippen molar-refractivity contribution >= 4 is 29.9 Å². The van der Waals surface area contributed by atoms with Gasteiger partial charge in [0.2, 0.25) is 0 Å². The molecular formula is C19H26F3IN4O. The van der Waals surface area contributed by atoms with E-state index in [1.807, 2.05) is 26.8 Å². The zero-order chi connectivity index (χ0) is 20.0. The number of halogens is 4. The lowest BCUT2D eigenvalue weighted by atomic mass is 10.1. The van der Waals surface area contributed by atoms with Gasteiger partial charge in [-0.3, -0.25) is 0 Å². The van der Waals surface area contributed by atoms with Crippen LogP contribution in [0, 0.1) is 0 Å². The van der Waals surface area contributed by atoms with Crippen LogP contribution in [0.1, 0.15) is 62.2 Å². The maximum atomic E-state index is 12.9. The van der Waals surface area contributed by atoms with Crippen LogP contribution in [0.4, 0.5) is 13.2 Å². The number of nitrogens with one attached hydrogen (secondary N) is 2. The van der Waals surface area contributed by atoms with E-state index in [0.717, 1.165) is 17.8 Å². The molecule has 0 amide bonds. The SMILES string of the molecule is CCNC(=NCc1cc(C(C)C)no1)NC(C)c1cccc(C(F)(F)F)c1.I. The minimum atomic E-state index is -4.37. The highest BCUT2D eigenvalue weighted by atomic mass is 127. The largest absolute Gasteiger partial charge is 0.416 e. The fraction of sp³-hybridized carbons (Fsp3) is 0.474. The third-order valence-electron chi connectivity index (χ3n) is 3.97. The zero-order valence-electron chi connectivity index (χ0n) is 16.3. The Hall–Kier alpha value is -1.78. The molecule has 28 heavy (non-hydrogen) atoms. The number of hydrogen-bond donors (Lipinski definition) is 2. The van der Waals surface area contributed by atoms with E-state index < -0.39 is 11.7 Å². The molecule has 2 rings (SSSR count). The zero-order valence-corrected chi connectivity index (χ0v) is 18.6. The van der Waals surface area contributed by atoms with Gasteiger partial charge < -0.3 is 15.2 Å². The van der Waals surface area contributed by atoms with E-state index in [9.17, 15) is 13.2 Å². The van der Waals surface area contributed by atoms with Crippen molar-refractivity contribution in [2.45, 2.75) is 52.4 Å². The van der Waals surface area contributed by atoms with Crippen LogP contribution in [0.5, 0.6) is 0 Å². The van der Waals surface area contributed by atoms with Gasteiger partial charge in [-0.05, 0) is 37.5 Å². The Bertz CT molecular complexity index is 775. The molecule has 1 unspecified atom stereocenters. The first kappa shape index (κ1) is 24.3. The second kappa shape index (κ2) is 10.7. The molecule has 5 nitrogen and oxygen atoms in total. The number of aromatic nitrogens is 1. The van der Waals surface area contributed by atoms with Crippen LogP contribution in [-0.2, 0) is 12.7 Å². The Labute approximate surface area is 180 Å². The minimum absolute atomic E-state index is 0. The van der Waals surface area contributed by atoms with Gasteiger partial charge in [-0.1, -0.05) is 31.1 Å². The van der Waals surface area contributed by atoms with Gasteiger partial charge in [-0.15, -0.1) is 24.0 Å². The van der Waals surface area contributed by atoms with Crippen LogP contribution in [-0.4, -0.2) is 17.7 Å². The molecular weight excluding hydrogens is 484 g/mol. The van der Waals surface area contributed by atoms with Crippen molar-refractivity contribution in [1.29, 1.82) is 0 Å². The first-order valence-electron chi connectivity index (χ1n) is 8.88. The van der Waals surface area contributed by atoms with E-state index in [-0.39, 0.29) is 42.5 Å². The van der Waals surface area contributed by atoms with E-state index in [1.165, 1.54) is 6.07 Å². The van der Waals surface area contributed by atoms with Gasteiger partial charge in [-0.2, -0.15) is 13.2 Å².